The summed E-state index contributed by atoms with van der Waals surface area (Å²) in [5, 5.41) is 22.3. The summed E-state index contributed by atoms with van der Waals surface area (Å²) in [5.41, 5.74) is 1.69. The lowest BCUT2D eigenvalue weighted by Gasteiger charge is -2.35. The Labute approximate surface area is 167 Å². The molecule has 142 valence electrons. The third-order valence-electron chi connectivity index (χ3n) is 5.14. The summed E-state index contributed by atoms with van der Waals surface area (Å²) in [6, 6.07) is 11.7. The number of Topliss-reactive ketones (excluding diaryl/α,β-unsaturated/α-hetero) is 1. The van der Waals surface area contributed by atoms with E-state index in [0.29, 0.717) is 16.2 Å². The van der Waals surface area contributed by atoms with Gasteiger partial charge >= 0.3 is 0 Å². The van der Waals surface area contributed by atoms with Crippen LogP contribution in [0.5, 0.6) is 0 Å². The fourth-order valence-electron chi connectivity index (χ4n) is 3.54. The first-order valence-electron chi connectivity index (χ1n) is 8.85. The van der Waals surface area contributed by atoms with E-state index in [9.17, 15) is 20.1 Å². The number of nitriles is 2. The number of nitrogens with one attached hydrogen (secondary N) is 2. The zero-order valence-corrected chi connectivity index (χ0v) is 16.9. The van der Waals surface area contributed by atoms with E-state index in [0.717, 1.165) is 28.4 Å². The number of rotatable bonds is 4. The Bertz CT molecular complexity index is 1100. The molecule has 2 aromatic rings. The smallest absolute Gasteiger partial charge is 0.243 e. The van der Waals surface area contributed by atoms with E-state index in [4.69, 9.17) is 0 Å². The fourth-order valence-corrected chi connectivity index (χ4v) is 4.71. The molecule has 0 saturated heterocycles. The number of H-pyrrole nitrogens is 1. The number of carbonyl (C=O) groups excluding carboxylic acids is 2. The van der Waals surface area contributed by atoms with Gasteiger partial charge in [-0.15, -0.1) is 0 Å². The van der Waals surface area contributed by atoms with Crippen LogP contribution in [-0.2, 0) is 4.79 Å². The van der Waals surface area contributed by atoms with Gasteiger partial charge in [-0.2, -0.15) is 10.5 Å². The number of thioether (sulfide) groups is 1. The van der Waals surface area contributed by atoms with Gasteiger partial charge in [-0.05, 0) is 19.9 Å². The largest absolute Gasteiger partial charge is 0.358 e. The second-order valence-corrected chi connectivity index (χ2v) is 8.73. The second-order valence-electron chi connectivity index (χ2n) is 7.38. The van der Waals surface area contributed by atoms with Crippen LogP contribution < -0.4 is 5.32 Å². The van der Waals surface area contributed by atoms with Gasteiger partial charge in [0.2, 0.25) is 5.91 Å². The molecule has 2 N–H and O–H groups in total. The van der Waals surface area contributed by atoms with Crippen LogP contribution in [0.4, 0.5) is 0 Å². The molecular weight excluding hydrogens is 372 g/mol. The van der Waals surface area contributed by atoms with Crippen LogP contribution in [0.15, 0.2) is 34.9 Å². The molecule has 1 aromatic carbocycles. The topological polar surface area (TPSA) is 110 Å². The van der Waals surface area contributed by atoms with Crippen molar-refractivity contribution >= 4 is 34.4 Å². The molecule has 0 fully saturated rings. The maximum absolute atomic E-state index is 13.2. The highest BCUT2D eigenvalue weighted by molar-refractivity contribution is 8.04. The lowest BCUT2D eigenvalue weighted by atomic mass is 9.72. The highest BCUT2D eigenvalue weighted by atomic mass is 32.2. The number of fused-ring (bicyclic) bond motifs is 1. The first-order valence-corrected chi connectivity index (χ1v) is 9.73. The minimum atomic E-state index is -0.951. The van der Waals surface area contributed by atoms with Crippen LogP contribution in [0, 0.1) is 40.9 Å². The summed E-state index contributed by atoms with van der Waals surface area (Å²) < 4.78 is 0. The summed E-state index contributed by atoms with van der Waals surface area (Å²) >= 11 is 1.15. The second kappa shape index (κ2) is 7.18. The minimum absolute atomic E-state index is 0.0841. The third-order valence-corrected chi connectivity index (χ3v) is 6.25. The number of para-hydroxylation sites is 1. The van der Waals surface area contributed by atoms with Crippen molar-refractivity contribution in [1.29, 1.82) is 10.5 Å². The zero-order valence-electron chi connectivity index (χ0n) is 16.1. The van der Waals surface area contributed by atoms with Crippen LogP contribution in [0.2, 0.25) is 0 Å². The zero-order chi connectivity index (χ0) is 20.6. The van der Waals surface area contributed by atoms with Crippen LogP contribution in [0.25, 0.3) is 10.9 Å². The van der Waals surface area contributed by atoms with Crippen molar-refractivity contribution in [3.63, 3.8) is 0 Å². The molecule has 0 bridgehead atoms. The van der Waals surface area contributed by atoms with E-state index >= 15 is 0 Å². The predicted octanol–water partition coefficient (Wildman–Crippen LogP) is 3.81. The van der Waals surface area contributed by atoms with E-state index in [-0.39, 0.29) is 5.78 Å². The van der Waals surface area contributed by atoms with E-state index < -0.39 is 22.5 Å². The first-order chi connectivity index (χ1) is 13.2. The molecule has 2 atom stereocenters. The maximum Gasteiger partial charge on any atom is 0.243 e. The van der Waals surface area contributed by atoms with Gasteiger partial charge < -0.3 is 10.3 Å². The molecule has 2 heterocycles. The monoisotopic (exact) mass is 392 g/mol. The van der Waals surface area contributed by atoms with Gasteiger partial charge in [-0.25, -0.2) is 0 Å². The summed E-state index contributed by atoms with van der Waals surface area (Å²) in [6.45, 7) is 7.02. The van der Waals surface area contributed by atoms with Gasteiger partial charge in [0.25, 0.3) is 0 Å². The molecule has 1 aliphatic heterocycles. The summed E-state index contributed by atoms with van der Waals surface area (Å²) in [7, 11) is 0. The molecule has 28 heavy (non-hydrogen) atoms. The fraction of sp³-hybridized carbons (Fsp3) is 0.333. The molecule has 1 aromatic heterocycles. The van der Waals surface area contributed by atoms with Crippen molar-refractivity contribution in [2.75, 3.05) is 0 Å². The summed E-state index contributed by atoms with van der Waals surface area (Å²) in [4.78, 5) is 28.7. The molecule has 7 heteroatoms. The molecule has 0 spiro atoms. The number of aromatic nitrogens is 1. The summed E-state index contributed by atoms with van der Waals surface area (Å²) in [6.07, 6.45) is 0. The first kappa shape index (κ1) is 19.7. The number of carbonyl (C=O) groups is 2. The van der Waals surface area contributed by atoms with Gasteiger partial charge in [0.05, 0.1) is 28.0 Å². The molecular formula is C21H20N4O2S. The van der Waals surface area contributed by atoms with Crippen LogP contribution >= 0.6 is 11.8 Å². The van der Waals surface area contributed by atoms with Gasteiger partial charge in [-0.3, -0.25) is 9.59 Å². The molecule has 6 nitrogen and oxygen atoms in total. The highest BCUT2D eigenvalue weighted by Gasteiger charge is 2.45. The van der Waals surface area contributed by atoms with Crippen molar-refractivity contribution in [3.05, 3.63) is 46.1 Å². The Balaban J connectivity index is 1.97. The Morgan fingerprint density at radius 2 is 1.96 bits per heavy atom. The van der Waals surface area contributed by atoms with Crippen molar-refractivity contribution < 1.29 is 9.59 Å². The molecule has 1 amide bonds. The number of amides is 1. The summed E-state index contributed by atoms with van der Waals surface area (Å²) in [5.74, 6) is -1.48. The van der Waals surface area contributed by atoms with Crippen LogP contribution in [0.3, 0.4) is 0 Å². The van der Waals surface area contributed by atoms with Crippen molar-refractivity contribution in [3.8, 4) is 12.1 Å². The van der Waals surface area contributed by atoms with Gasteiger partial charge in [0.1, 0.15) is 5.92 Å². The van der Waals surface area contributed by atoms with Gasteiger partial charge in [-0.1, -0.05) is 43.8 Å². The van der Waals surface area contributed by atoms with E-state index in [1.54, 1.807) is 20.8 Å². The number of aromatic amines is 1. The van der Waals surface area contributed by atoms with Gasteiger partial charge in [0, 0.05) is 27.6 Å². The van der Waals surface area contributed by atoms with Gasteiger partial charge in [0.15, 0.2) is 5.78 Å². The van der Waals surface area contributed by atoms with E-state index in [1.165, 1.54) is 0 Å². The number of benzene rings is 1. The molecule has 0 radical (unpaired) electrons. The predicted molar refractivity (Wildman–Crippen MR) is 108 cm³/mol. The SMILES string of the molecule is Cc1[nH]c2ccccc2c1C(=O)[C@@H](C)SC1=C(C#N)C(C)(C)[C@@H](C#N)C(=O)N1. The number of hydrogen-bond acceptors (Lipinski definition) is 5. The molecule has 3 rings (SSSR count). The minimum Gasteiger partial charge on any atom is -0.358 e. The molecule has 1 aliphatic rings. The normalized spacial score (nSPS) is 19.6. The quantitative estimate of drug-likeness (QED) is 0.769. The molecule has 0 aliphatic carbocycles. The number of nitrogens with zero attached hydrogens (tertiary/aromatic N) is 2. The standard InChI is InChI=1S/C21H20N4O2S/c1-11-17(13-7-5-6-8-16(13)24-11)18(26)12(2)28-20-15(10-23)21(3,4)14(9-22)19(27)25-20/h5-8,12,14,24H,1-4H3,(H,25,27)/t12-,14+/m1/s1. The van der Waals surface area contributed by atoms with Crippen molar-refractivity contribution in [1.82, 2.24) is 10.3 Å². The number of aryl methyl sites for hydroxylation is 1. The van der Waals surface area contributed by atoms with Crippen molar-refractivity contribution in [2.45, 2.75) is 32.9 Å². The lowest BCUT2D eigenvalue weighted by molar-refractivity contribution is -0.125. The number of hydrogen-bond donors (Lipinski definition) is 2. The maximum atomic E-state index is 13.2. The average Bonchev–Trinajstić information content (AvgIpc) is 2.96. The Morgan fingerprint density at radius 1 is 1.29 bits per heavy atom. The molecule has 0 saturated carbocycles. The Morgan fingerprint density at radius 3 is 2.61 bits per heavy atom. The number of ketones is 1. The average molecular weight is 392 g/mol. The third kappa shape index (κ3) is 3.08. The Hall–Kier alpha value is -3.03. The number of allylic oxidation sites excluding steroid dienone is 1. The van der Waals surface area contributed by atoms with Crippen molar-refractivity contribution in [2.24, 2.45) is 11.3 Å². The highest BCUT2D eigenvalue weighted by Crippen LogP contribution is 2.43. The van der Waals surface area contributed by atoms with E-state index in [2.05, 4.69) is 16.4 Å². The van der Waals surface area contributed by atoms with Crippen LogP contribution in [0.1, 0.15) is 36.8 Å². The Kier molecular flexibility index (Phi) is 5.06. The molecule has 0 unspecified atom stereocenters. The van der Waals surface area contributed by atoms with E-state index in [1.807, 2.05) is 37.3 Å². The lowest BCUT2D eigenvalue weighted by Crippen LogP contribution is -2.45. The van der Waals surface area contributed by atoms with Crippen LogP contribution in [-0.4, -0.2) is 21.9 Å².